The zero-order valence-electron chi connectivity index (χ0n) is 15.9. The molecule has 1 aliphatic heterocycles. The summed E-state index contributed by atoms with van der Waals surface area (Å²) in [5, 5.41) is 18.4. The summed E-state index contributed by atoms with van der Waals surface area (Å²) in [4.78, 5) is 0. The van der Waals surface area contributed by atoms with E-state index in [0.29, 0.717) is 34.9 Å². The van der Waals surface area contributed by atoms with Gasteiger partial charge in [0, 0.05) is 17.2 Å². The zero-order chi connectivity index (χ0) is 20.3. The van der Waals surface area contributed by atoms with E-state index in [-0.39, 0.29) is 6.10 Å². The average molecular weight is 444 g/mol. The first-order valence-corrected chi connectivity index (χ1v) is 10.9. The van der Waals surface area contributed by atoms with Crippen LogP contribution in [0.3, 0.4) is 0 Å². The van der Waals surface area contributed by atoms with Crippen LogP contribution in [0.5, 0.6) is 0 Å². The quantitative estimate of drug-likeness (QED) is 0.379. The molecule has 0 amide bonds. The minimum Gasteiger partial charge on any atom is -0.459 e. The van der Waals surface area contributed by atoms with Gasteiger partial charge in [0.2, 0.25) is 5.89 Å². The first kappa shape index (κ1) is 19.3. The van der Waals surface area contributed by atoms with Crippen LogP contribution in [0, 0.1) is 0 Å². The molecule has 5 rings (SSSR count). The molecule has 3 aromatic heterocycles. The number of hydrogen-bond acceptors (Lipinski definition) is 8. The van der Waals surface area contributed by atoms with Crippen molar-refractivity contribution in [3.8, 4) is 23.0 Å². The molecule has 0 aliphatic carbocycles. The molecule has 30 heavy (non-hydrogen) atoms. The topological polar surface area (TPSA) is 92.0 Å². The highest BCUT2D eigenvalue weighted by Crippen LogP contribution is 2.29. The third-order valence-electron chi connectivity index (χ3n) is 4.75. The summed E-state index contributed by atoms with van der Waals surface area (Å²) >= 11 is 7.53. The molecule has 1 aromatic carbocycles. The van der Waals surface area contributed by atoms with Gasteiger partial charge in [-0.25, -0.2) is 0 Å². The maximum Gasteiger partial charge on any atom is 0.283 e. The lowest BCUT2D eigenvalue weighted by Crippen LogP contribution is -2.16. The van der Waals surface area contributed by atoms with E-state index in [0.717, 1.165) is 36.0 Å². The van der Waals surface area contributed by atoms with Crippen LogP contribution in [0.15, 0.2) is 56.7 Å². The monoisotopic (exact) mass is 443 g/mol. The number of benzene rings is 1. The number of thioether (sulfide) groups is 1. The molecule has 0 radical (unpaired) electrons. The Kier molecular flexibility index (Phi) is 5.56. The van der Waals surface area contributed by atoms with Gasteiger partial charge in [0.25, 0.3) is 5.89 Å². The van der Waals surface area contributed by atoms with Crippen molar-refractivity contribution in [3.63, 3.8) is 0 Å². The number of halogens is 1. The summed E-state index contributed by atoms with van der Waals surface area (Å²) in [5.41, 5.74) is 0.953. The van der Waals surface area contributed by atoms with Crippen LogP contribution in [0.4, 0.5) is 0 Å². The smallest absolute Gasteiger partial charge is 0.283 e. The van der Waals surface area contributed by atoms with Gasteiger partial charge in [-0.15, -0.1) is 20.4 Å². The van der Waals surface area contributed by atoms with Crippen LogP contribution in [-0.2, 0) is 17.0 Å². The fourth-order valence-corrected chi connectivity index (χ4v) is 4.21. The Balaban J connectivity index is 1.37. The first-order valence-electron chi connectivity index (χ1n) is 9.56. The molecule has 0 N–H and O–H groups in total. The third-order valence-corrected chi connectivity index (χ3v) is 5.96. The lowest BCUT2D eigenvalue weighted by Gasteiger charge is -2.14. The van der Waals surface area contributed by atoms with Crippen molar-refractivity contribution in [1.82, 2.24) is 25.0 Å². The van der Waals surface area contributed by atoms with E-state index in [1.54, 1.807) is 18.4 Å². The number of furan rings is 1. The molecule has 0 bridgehead atoms. The average Bonchev–Trinajstić information content (AvgIpc) is 3.55. The fourth-order valence-electron chi connectivity index (χ4n) is 3.30. The number of hydrogen-bond donors (Lipinski definition) is 0. The Hall–Kier alpha value is -2.62. The molecule has 1 unspecified atom stereocenters. The largest absolute Gasteiger partial charge is 0.459 e. The summed E-state index contributed by atoms with van der Waals surface area (Å²) in [6, 6.07) is 11.1. The normalized spacial score (nSPS) is 16.4. The van der Waals surface area contributed by atoms with E-state index in [1.165, 1.54) is 11.8 Å². The second-order valence-electron chi connectivity index (χ2n) is 6.83. The fraction of sp³-hybridized carbons (Fsp3) is 0.300. The standard InChI is InChI=1S/C20H18ClN5O3S/c21-14-7-5-13(6-8-14)18-23-25-20(26(18)11-15-3-1-9-27-15)30-12-17-22-24-19(29-17)16-4-2-10-28-16/h2,4-8,10,15H,1,3,9,11-12H2. The maximum absolute atomic E-state index is 6.04. The maximum atomic E-state index is 6.04. The molecule has 0 saturated carbocycles. The van der Waals surface area contributed by atoms with Gasteiger partial charge >= 0.3 is 0 Å². The van der Waals surface area contributed by atoms with Gasteiger partial charge in [-0.3, -0.25) is 4.57 Å². The van der Waals surface area contributed by atoms with Crippen LogP contribution < -0.4 is 0 Å². The van der Waals surface area contributed by atoms with Crippen molar-refractivity contribution < 1.29 is 13.6 Å². The van der Waals surface area contributed by atoms with Crippen LogP contribution in [0.25, 0.3) is 23.0 Å². The van der Waals surface area contributed by atoms with Crippen molar-refractivity contribution in [2.24, 2.45) is 0 Å². The van der Waals surface area contributed by atoms with Crippen molar-refractivity contribution in [1.29, 1.82) is 0 Å². The van der Waals surface area contributed by atoms with Gasteiger partial charge in [0.05, 0.1) is 24.7 Å². The number of nitrogens with zero attached hydrogens (tertiary/aromatic N) is 5. The van der Waals surface area contributed by atoms with E-state index >= 15 is 0 Å². The molecule has 1 saturated heterocycles. The number of aromatic nitrogens is 5. The van der Waals surface area contributed by atoms with E-state index < -0.39 is 0 Å². The third kappa shape index (κ3) is 4.14. The lowest BCUT2D eigenvalue weighted by molar-refractivity contribution is 0.0953. The highest BCUT2D eigenvalue weighted by molar-refractivity contribution is 7.98. The Labute approximate surface area is 181 Å². The van der Waals surface area contributed by atoms with E-state index in [2.05, 4.69) is 25.0 Å². The Morgan fingerprint density at radius 2 is 2.00 bits per heavy atom. The molecule has 0 spiro atoms. The molecule has 154 valence electrons. The molecular formula is C20H18ClN5O3S. The summed E-state index contributed by atoms with van der Waals surface area (Å²) in [7, 11) is 0. The van der Waals surface area contributed by atoms with Gasteiger partial charge in [-0.05, 0) is 49.2 Å². The Morgan fingerprint density at radius 3 is 2.77 bits per heavy atom. The summed E-state index contributed by atoms with van der Waals surface area (Å²) in [6.45, 7) is 1.48. The highest BCUT2D eigenvalue weighted by Gasteiger charge is 2.22. The number of ether oxygens (including phenoxy) is 1. The molecule has 8 nitrogen and oxygen atoms in total. The SMILES string of the molecule is Clc1ccc(-c2nnc(SCc3nnc(-c4ccco4)o3)n2CC2CCCO2)cc1. The van der Waals surface area contributed by atoms with Crippen LogP contribution in [0.1, 0.15) is 18.7 Å². The molecular weight excluding hydrogens is 426 g/mol. The molecule has 4 heterocycles. The van der Waals surface area contributed by atoms with E-state index in [4.69, 9.17) is 25.2 Å². The minimum atomic E-state index is 0.153. The van der Waals surface area contributed by atoms with Gasteiger partial charge in [0.1, 0.15) is 0 Å². The zero-order valence-corrected chi connectivity index (χ0v) is 17.5. The number of rotatable bonds is 7. The lowest BCUT2D eigenvalue weighted by atomic mass is 10.2. The highest BCUT2D eigenvalue weighted by atomic mass is 35.5. The summed E-state index contributed by atoms with van der Waals surface area (Å²) < 4.78 is 18.9. The van der Waals surface area contributed by atoms with Gasteiger partial charge in [-0.1, -0.05) is 23.4 Å². The predicted octanol–water partition coefficient (Wildman–Crippen LogP) is 4.71. The molecule has 1 atom stereocenters. The van der Waals surface area contributed by atoms with Crippen LogP contribution in [-0.4, -0.2) is 37.7 Å². The second-order valence-corrected chi connectivity index (χ2v) is 8.20. The summed E-state index contributed by atoms with van der Waals surface area (Å²) in [6.07, 6.45) is 3.82. The molecule has 1 aliphatic rings. The van der Waals surface area contributed by atoms with Crippen molar-refractivity contribution >= 4 is 23.4 Å². The summed E-state index contributed by atoms with van der Waals surface area (Å²) in [5.74, 6) is 2.65. The molecule has 4 aromatic rings. The Bertz CT molecular complexity index is 1100. The molecule has 1 fully saturated rings. The van der Waals surface area contributed by atoms with E-state index in [1.807, 2.05) is 24.3 Å². The van der Waals surface area contributed by atoms with Gasteiger partial charge in [-0.2, -0.15) is 0 Å². The van der Waals surface area contributed by atoms with Crippen LogP contribution >= 0.6 is 23.4 Å². The van der Waals surface area contributed by atoms with Crippen LogP contribution in [0.2, 0.25) is 5.02 Å². The minimum absolute atomic E-state index is 0.153. The van der Waals surface area contributed by atoms with Crippen molar-refractivity contribution in [2.45, 2.75) is 36.4 Å². The van der Waals surface area contributed by atoms with E-state index in [9.17, 15) is 0 Å². The predicted molar refractivity (Wildman–Crippen MR) is 111 cm³/mol. The van der Waals surface area contributed by atoms with Crippen molar-refractivity contribution in [2.75, 3.05) is 6.61 Å². The van der Waals surface area contributed by atoms with Gasteiger partial charge < -0.3 is 13.6 Å². The second kappa shape index (κ2) is 8.63. The van der Waals surface area contributed by atoms with Crippen molar-refractivity contribution in [3.05, 3.63) is 53.6 Å². The van der Waals surface area contributed by atoms with Gasteiger partial charge in [0.15, 0.2) is 16.7 Å². The first-order chi connectivity index (χ1) is 14.8. The molecule has 10 heteroatoms. The Morgan fingerprint density at radius 1 is 1.10 bits per heavy atom.